The summed E-state index contributed by atoms with van der Waals surface area (Å²) in [5, 5.41) is 18.7. The molecule has 2 aromatic rings. The highest BCUT2D eigenvalue weighted by Gasteiger charge is 2.15. The van der Waals surface area contributed by atoms with Gasteiger partial charge < -0.3 is 14.3 Å². The molecule has 1 aromatic carbocycles. The molecule has 1 heterocycles. The summed E-state index contributed by atoms with van der Waals surface area (Å²) in [4.78, 5) is 12.1. The van der Waals surface area contributed by atoms with Gasteiger partial charge in [-0.3, -0.25) is 4.79 Å². The first-order valence-electron chi connectivity index (χ1n) is 6.31. The van der Waals surface area contributed by atoms with Crippen LogP contribution in [0.25, 0.3) is 6.08 Å². The van der Waals surface area contributed by atoms with Crippen molar-refractivity contribution in [3.05, 3.63) is 53.5 Å². The van der Waals surface area contributed by atoms with Gasteiger partial charge in [0, 0.05) is 0 Å². The van der Waals surface area contributed by atoms with Gasteiger partial charge in [-0.2, -0.15) is 5.26 Å². The molecule has 2 rings (SSSR count). The summed E-state index contributed by atoms with van der Waals surface area (Å²) in [7, 11) is 0. The molecule has 0 aliphatic carbocycles. The zero-order chi connectivity index (χ0) is 15.2. The molecule has 0 spiro atoms. The Hall–Kier alpha value is -3.00. The van der Waals surface area contributed by atoms with E-state index in [-0.39, 0.29) is 17.1 Å². The molecule has 106 valence electrons. The normalized spacial score (nSPS) is 11.0. The summed E-state index contributed by atoms with van der Waals surface area (Å²) in [5.41, 5.74) is 0.519. The number of ether oxygens (including phenoxy) is 1. The van der Waals surface area contributed by atoms with Gasteiger partial charge in [0.15, 0.2) is 17.3 Å². The molecule has 0 radical (unpaired) electrons. The number of benzene rings is 1. The number of hydrogen-bond donors (Lipinski definition) is 1. The van der Waals surface area contributed by atoms with E-state index >= 15 is 0 Å². The van der Waals surface area contributed by atoms with Crippen LogP contribution in [0.4, 0.5) is 0 Å². The van der Waals surface area contributed by atoms with Crippen LogP contribution in [0, 0.1) is 11.3 Å². The minimum absolute atomic E-state index is 0.00451. The lowest BCUT2D eigenvalue weighted by atomic mass is 10.1. The number of ketones is 1. The van der Waals surface area contributed by atoms with Gasteiger partial charge in [-0.05, 0) is 42.8 Å². The Morgan fingerprint density at radius 3 is 2.90 bits per heavy atom. The van der Waals surface area contributed by atoms with Crippen LogP contribution in [0.15, 0.2) is 46.6 Å². The van der Waals surface area contributed by atoms with Gasteiger partial charge in [-0.15, -0.1) is 0 Å². The number of aromatic hydroxyl groups is 1. The van der Waals surface area contributed by atoms with E-state index in [2.05, 4.69) is 0 Å². The highest BCUT2D eigenvalue weighted by atomic mass is 16.5. The Morgan fingerprint density at radius 2 is 2.29 bits per heavy atom. The van der Waals surface area contributed by atoms with Crippen LogP contribution in [0.2, 0.25) is 0 Å². The first-order valence-corrected chi connectivity index (χ1v) is 6.31. The summed E-state index contributed by atoms with van der Waals surface area (Å²) < 4.78 is 10.3. The number of furan rings is 1. The molecular weight excluding hydrogens is 270 g/mol. The maximum absolute atomic E-state index is 12.1. The van der Waals surface area contributed by atoms with Crippen molar-refractivity contribution >= 4 is 11.9 Å². The van der Waals surface area contributed by atoms with Gasteiger partial charge in [-0.25, -0.2) is 0 Å². The SMILES string of the molecule is CCOc1cc(/C=C(\C#N)C(=O)c2ccco2)ccc1O. The van der Waals surface area contributed by atoms with Crippen LogP contribution in [0.5, 0.6) is 11.5 Å². The van der Waals surface area contributed by atoms with Gasteiger partial charge >= 0.3 is 0 Å². The number of carbonyl (C=O) groups excluding carboxylic acids is 1. The number of rotatable bonds is 5. The third-order valence-electron chi connectivity index (χ3n) is 2.70. The molecule has 0 aliphatic heterocycles. The van der Waals surface area contributed by atoms with Crippen LogP contribution in [-0.2, 0) is 0 Å². The number of phenolic OH excluding ortho intramolecular Hbond substituents is 1. The van der Waals surface area contributed by atoms with Crippen LogP contribution in [0.3, 0.4) is 0 Å². The second-order valence-electron chi connectivity index (χ2n) is 4.14. The Kier molecular flexibility index (Phi) is 4.42. The number of nitriles is 1. The third kappa shape index (κ3) is 3.31. The fourth-order valence-corrected chi connectivity index (χ4v) is 1.75. The predicted molar refractivity (Wildman–Crippen MR) is 75.9 cm³/mol. The van der Waals surface area contributed by atoms with Crippen LogP contribution < -0.4 is 4.74 Å². The van der Waals surface area contributed by atoms with E-state index < -0.39 is 5.78 Å². The number of Topliss-reactive ketones (excluding diaryl/α,β-unsaturated/α-hetero) is 1. The van der Waals surface area contributed by atoms with Crippen LogP contribution >= 0.6 is 0 Å². The summed E-state index contributed by atoms with van der Waals surface area (Å²) in [6.07, 6.45) is 2.79. The minimum atomic E-state index is -0.492. The highest BCUT2D eigenvalue weighted by molar-refractivity contribution is 6.12. The molecule has 0 bridgehead atoms. The largest absolute Gasteiger partial charge is 0.504 e. The number of hydrogen-bond acceptors (Lipinski definition) is 5. The second kappa shape index (κ2) is 6.44. The number of nitrogens with zero attached hydrogens (tertiary/aromatic N) is 1. The van der Waals surface area contributed by atoms with E-state index in [4.69, 9.17) is 14.4 Å². The zero-order valence-corrected chi connectivity index (χ0v) is 11.4. The zero-order valence-electron chi connectivity index (χ0n) is 11.4. The number of phenols is 1. The molecule has 0 saturated heterocycles. The topological polar surface area (TPSA) is 83.5 Å². The van der Waals surface area contributed by atoms with Crippen molar-refractivity contribution in [2.75, 3.05) is 6.61 Å². The molecule has 5 nitrogen and oxygen atoms in total. The first kappa shape index (κ1) is 14.4. The summed E-state index contributed by atoms with van der Waals surface area (Å²) >= 11 is 0. The van der Waals surface area contributed by atoms with Crippen molar-refractivity contribution in [3.8, 4) is 17.6 Å². The Balaban J connectivity index is 2.34. The van der Waals surface area contributed by atoms with E-state index in [9.17, 15) is 9.90 Å². The van der Waals surface area contributed by atoms with Crippen molar-refractivity contribution in [1.82, 2.24) is 0 Å². The quantitative estimate of drug-likeness (QED) is 0.517. The van der Waals surface area contributed by atoms with E-state index in [1.807, 2.05) is 6.07 Å². The fourth-order valence-electron chi connectivity index (χ4n) is 1.75. The Bertz CT molecular complexity index is 708. The monoisotopic (exact) mass is 283 g/mol. The highest BCUT2D eigenvalue weighted by Crippen LogP contribution is 2.28. The lowest BCUT2D eigenvalue weighted by molar-refractivity contribution is 0.101. The molecule has 0 unspecified atom stereocenters. The van der Waals surface area contributed by atoms with Gasteiger partial charge in [0.05, 0.1) is 12.9 Å². The average molecular weight is 283 g/mol. The average Bonchev–Trinajstić information content (AvgIpc) is 3.01. The van der Waals surface area contributed by atoms with Crippen LogP contribution in [0.1, 0.15) is 23.0 Å². The van der Waals surface area contributed by atoms with Crippen molar-refractivity contribution in [1.29, 1.82) is 5.26 Å². The lowest BCUT2D eigenvalue weighted by Gasteiger charge is -2.06. The second-order valence-corrected chi connectivity index (χ2v) is 4.14. The maximum atomic E-state index is 12.1. The third-order valence-corrected chi connectivity index (χ3v) is 2.70. The van der Waals surface area contributed by atoms with Crippen LogP contribution in [-0.4, -0.2) is 17.5 Å². The lowest BCUT2D eigenvalue weighted by Crippen LogP contribution is -2.00. The van der Waals surface area contributed by atoms with E-state index in [0.29, 0.717) is 17.9 Å². The fraction of sp³-hybridized carbons (Fsp3) is 0.125. The van der Waals surface area contributed by atoms with Crippen molar-refractivity contribution in [2.45, 2.75) is 6.92 Å². The molecule has 0 aliphatic rings. The number of carbonyl (C=O) groups is 1. The first-order chi connectivity index (χ1) is 10.2. The molecular formula is C16H13NO4. The standard InChI is InChI=1S/C16H13NO4/c1-2-20-15-9-11(5-6-13(15)18)8-12(10-17)16(19)14-4-3-7-21-14/h3-9,18H,2H2,1H3/b12-8+. The summed E-state index contributed by atoms with van der Waals surface area (Å²) in [5.74, 6) is -0.0843. The Morgan fingerprint density at radius 1 is 1.48 bits per heavy atom. The Labute approximate surface area is 121 Å². The summed E-state index contributed by atoms with van der Waals surface area (Å²) in [6.45, 7) is 2.19. The van der Waals surface area contributed by atoms with Gasteiger partial charge in [0.2, 0.25) is 5.78 Å². The molecule has 21 heavy (non-hydrogen) atoms. The smallest absolute Gasteiger partial charge is 0.238 e. The maximum Gasteiger partial charge on any atom is 0.238 e. The molecule has 0 saturated carbocycles. The van der Waals surface area contributed by atoms with Crippen molar-refractivity contribution in [2.24, 2.45) is 0 Å². The molecule has 0 amide bonds. The summed E-state index contributed by atoms with van der Waals surface area (Å²) in [6, 6.07) is 9.52. The molecule has 0 fully saturated rings. The van der Waals surface area contributed by atoms with E-state index in [1.54, 1.807) is 25.1 Å². The minimum Gasteiger partial charge on any atom is -0.504 e. The van der Waals surface area contributed by atoms with Gasteiger partial charge in [-0.1, -0.05) is 6.07 Å². The molecule has 1 aromatic heterocycles. The van der Waals surface area contributed by atoms with Gasteiger partial charge in [0.25, 0.3) is 0 Å². The van der Waals surface area contributed by atoms with E-state index in [0.717, 1.165) is 0 Å². The van der Waals surface area contributed by atoms with Crippen molar-refractivity contribution in [3.63, 3.8) is 0 Å². The van der Waals surface area contributed by atoms with E-state index in [1.165, 1.54) is 24.5 Å². The van der Waals surface area contributed by atoms with Gasteiger partial charge in [0.1, 0.15) is 11.6 Å². The number of allylic oxidation sites excluding steroid dienone is 1. The van der Waals surface area contributed by atoms with Crippen molar-refractivity contribution < 1.29 is 19.1 Å². The molecule has 5 heteroatoms. The molecule has 1 N–H and O–H groups in total. The predicted octanol–water partition coefficient (Wildman–Crippen LogP) is 3.17. The molecule has 0 atom stereocenters.